The Bertz CT molecular complexity index is 2000. The Morgan fingerprint density at radius 2 is 1.78 bits per heavy atom. The molecule has 18 heteroatoms. The molecule has 2 aliphatic heterocycles. The van der Waals surface area contributed by atoms with Crippen LogP contribution in [0.4, 0.5) is 4.79 Å². The maximum absolute atomic E-state index is 14.8. The zero-order valence-electron chi connectivity index (χ0n) is 34.7. The van der Waals surface area contributed by atoms with Gasteiger partial charge in [-0.05, 0) is 81.0 Å². The molecule has 2 aliphatic carbocycles. The van der Waals surface area contributed by atoms with Gasteiger partial charge in [-0.25, -0.2) is 18.7 Å². The van der Waals surface area contributed by atoms with E-state index in [1.807, 2.05) is 29.8 Å². The number of ether oxygens (including phenoxy) is 4. The number of methoxy groups -OCH3 is 1. The van der Waals surface area contributed by atoms with Crippen LogP contribution in [-0.2, 0) is 38.3 Å². The summed E-state index contributed by atoms with van der Waals surface area (Å²) in [5.41, 5.74) is -4.17. The number of amides is 4. The van der Waals surface area contributed by atoms with Gasteiger partial charge in [-0.3, -0.25) is 19.3 Å². The lowest BCUT2D eigenvalue weighted by molar-refractivity contribution is -0.143. The molecule has 5 atom stereocenters. The van der Waals surface area contributed by atoms with Crippen molar-refractivity contribution in [1.82, 2.24) is 30.1 Å². The van der Waals surface area contributed by atoms with Crippen LogP contribution in [0.3, 0.4) is 0 Å². The fourth-order valence-corrected chi connectivity index (χ4v) is 8.94. The van der Waals surface area contributed by atoms with Crippen LogP contribution in [0.1, 0.15) is 80.6 Å². The molecule has 1 aromatic heterocycles. The van der Waals surface area contributed by atoms with Crippen LogP contribution in [0.25, 0.3) is 10.8 Å². The van der Waals surface area contributed by atoms with Gasteiger partial charge in [0, 0.05) is 37.6 Å². The SMILES string of the molecule is CCC1C[C@]1(NC(=O)[C@@H]1CC(Oc2nccc3cc(OC)ccc23)CN1C(=O)[C@@H](NC(=O)OC(C)(C)CN1CCOCC1)C(C)(C)C)C(=O)NS(=O)(=O)OC1(C)CC1. The first-order valence-electron chi connectivity index (χ1n) is 20.0. The summed E-state index contributed by atoms with van der Waals surface area (Å²) < 4.78 is 56.1. The Hall–Kier alpha value is -4.26. The third-order valence-electron chi connectivity index (χ3n) is 11.3. The number of aromatic nitrogens is 1. The Balaban J connectivity index is 1.25. The maximum Gasteiger partial charge on any atom is 0.408 e. The molecule has 0 bridgehead atoms. The molecule has 4 amide bonds. The minimum Gasteiger partial charge on any atom is -0.497 e. The third-order valence-corrected chi connectivity index (χ3v) is 12.4. The lowest BCUT2D eigenvalue weighted by Gasteiger charge is -2.37. The number of rotatable bonds is 15. The van der Waals surface area contributed by atoms with E-state index in [9.17, 15) is 27.6 Å². The number of benzene rings is 1. The van der Waals surface area contributed by atoms with Crippen LogP contribution in [0.2, 0.25) is 0 Å². The summed E-state index contributed by atoms with van der Waals surface area (Å²) in [4.78, 5) is 64.4. The first kappa shape index (κ1) is 43.3. The predicted molar refractivity (Wildman–Crippen MR) is 212 cm³/mol. The molecule has 2 saturated heterocycles. The van der Waals surface area contributed by atoms with Gasteiger partial charge in [-0.1, -0.05) is 34.1 Å². The Morgan fingerprint density at radius 3 is 2.40 bits per heavy atom. The zero-order chi connectivity index (χ0) is 42.3. The number of likely N-dealkylation sites (tertiary alicyclic amines) is 1. The number of fused-ring (bicyclic) bond motifs is 1. The standard InChI is InChI=1S/C40H58N6O11S/c1-9-26-22-40(26,35(49)44-58(51,52)57-39(7)13-14-39)43-32(47)30-21-28(55-33-29-11-10-27(53-8)20-25(29)12-15-41-33)23-46(30)34(48)31(37(2,3)4)42-36(50)56-38(5,6)24-45-16-18-54-19-17-45/h10-12,15,20,26,28,30-31H,9,13-14,16-19,21-24H2,1-8H3,(H,42,50)(H,43,47)(H,44,49)/t26?,28?,30-,31+,40+/m0/s1. The summed E-state index contributed by atoms with van der Waals surface area (Å²) in [7, 11) is -2.90. The number of alkyl carbamates (subject to hydrolysis) is 1. The molecule has 2 saturated carbocycles. The van der Waals surface area contributed by atoms with Gasteiger partial charge in [0.05, 0.1) is 32.5 Å². The van der Waals surface area contributed by atoms with Crippen LogP contribution in [0, 0.1) is 11.3 Å². The summed E-state index contributed by atoms with van der Waals surface area (Å²) in [6.07, 6.45) is 1.80. The molecule has 6 rings (SSSR count). The van der Waals surface area contributed by atoms with Crippen LogP contribution >= 0.6 is 0 Å². The fourth-order valence-electron chi connectivity index (χ4n) is 7.79. The van der Waals surface area contributed by atoms with Gasteiger partial charge >= 0.3 is 16.4 Å². The maximum atomic E-state index is 14.8. The number of carbonyl (C=O) groups excluding carboxylic acids is 4. The number of morpholine rings is 1. The van der Waals surface area contributed by atoms with E-state index in [0.29, 0.717) is 63.2 Å². The van der Waals surface area contributed by atoms with Crippen molar-refractivity contribution in [1.29, 1.82) is 0 Å². The molecule has 3 N–H and O–H groups in total. The Kier molecular flexibility index (Phi) is 12.3. The van der Waals surface area contributed by atoms with Gasteiger partial charge in [-0.15, -0.1) is 0 Å². The van der Waals surface area contributed by atoms with Crippen molar-refractivity contribution in [3.05, 3.63) is 30.5 Å². The summed E-state index contributed by atoms with van der Waals surface area (Å²) in [6.45, 7) is 15.4. The monoisotopic (exact) mass is 830 g/mol. The fraction of sp³-hybridized carbons (Fsp3) is 0.675. The van der Waals surface area contributed by atoms with Gasteiger partial charge in [0.1, 0.15) is 35.1 Å². The van der Waals surface area contributed by atoms with Crippen molar-refractivity contribution in [3.8, 4) is 11.6 Å². The van der Waals surface area contributed by atoms with E-state index < -0.39 is 74.5 Å². The van der Waals surface area contributed by atoms with E-state index >= 15 is 0 Å². The van der Waals surface area contributed by atoms with E-state index in [2.05, 4.69) is 20.5 Å². The number of hydrogen-bond donors (Lipinski definition) is 3. The third kappa shape index (κ3) is 10.1. The molecular weight excluding hydrogens is 773 g/mol. The van der Waals surface area contributed by atoms with Crippen molar-refractivity contribution in [2.75, 3.05) is 46.5 Å². The smallest absolute Gasteiger partial charge is 0.408 e. The first-order valence-corrected chi connectivity index (χ1v) is 21.4. The molecule has 3 heterocycles. The molecule has 320 valence electrons. The second kappa shape index (κ2) is 16.4. The van der Waals surface area contributed by atoms with Crippen molar-refractivity contribution in [2.24, 2.45) is 11.3 Å². The predicted octanol–water partition coefficient (Wildman–Crippen LogP) is 3.06. The number of pyridine rings is 1. The quantitative estimate of drug-likeness (QED) is 0.237. The second-order valence-electron chi connectivity index (χ2n) is 17.9. The molecule has 0 radical (unpaired) electrons. The van der Waals surface area contributed by atoms with Gasteiger partial charge in [0.15, 0.2) is 0 Å². The molecule has 4 aliphatic rings. The van der Waals surface area contributed by atoms with Crippen LogP contribution in [0.5, 0.6) is 11.6 Å². The van der Waals surface area contributed by atoms with Crippen LogP contribution in [-0.4, -0.2) is 128 Å². The zero-order valence-corrected chi connectivity index (χ0v) is 35.5. The highest BCUT2D eigenvalue weighted by Gasteiger charge is 2.62. The molecule has 58 heavy (non-hydrogen) atoms. The van der Waals surface area contributed by atoms with E-state index in [0.717, 1.165) is 5.39 Å². The van der Waals surface area contributed by atoms with E-state index in [4.69, 9.17) is 23.1 Å². The van der Waals surface area contributed by atoms with Gasteiger partial charge in [0.25, 0.3) is 5.91 Å². The molecule has 1 aromatic carbocycles. The number of hydrogen-bond acceptors (Lipinski definition) is 13. The summed E-state index contributed by atoms with van der Waals surface area (Å²) in [5.74, 6) is -1.58. The highest BCUT2D eigenvalue weighted by Crippen LogP contribution is 2.47. The van der Waals surface area contributed by atoms with Crippen molar-refractivity contribution < 1.29 is 50.7 Å². The highest BCUT2D eigenvalue weighted by atomic mass is 32.2. The lowest BCUT2D eigenvalue weighted by atomic mass is 9.85. The average Bonchev–Trinajstić information content (AvgIpc) is 4.01. The Morgan fingerprint density at radius 1 is 1.07 bits per heavy atom. The molecular formula is C40H58N6O11S. The molecule has 4 fully saturated rings. The molecule has 0 spiro atoms. The van der Waals surface area contributed by atoms with Gasteiger partial charge in [-0.2, -0.15) is 8.42 Å². The first-order chi connectivity index (χ1) is 27.2. The lowest BCUT2D eigenvalue weighted by Crippen LogP contribution is -2.60. The molecule has 2 unspecified atom stereocenters. The normalized spacial score (nSPS) is 25.0. The van der Waals surface area contributed by atoms with Crippen LogP contribution < -0.4 is 24.8 Å². The van der Waals surface area contributed by atoms with E-state index in [1.165, 1.54) is 4.90 Å². The minimum atomic E-state index is -4.47. The molecule has 17 nitrogen and oxygen atoms in total. The summed E-state index contributed by atoms with van der Waals surface area (Å²) >= 11 is 0. The van der Waals surface area contributed by atoms with Crippen molar-refractivity contribution in [2.45, 2.75) is 115 Å². The largest absolute Gasteiger partial charge is 0.497 e. The number of nitrogens with one attached hydrogen (secondary N) is 3. The second-order valence-corrected chi connectivity index (χ2v) is 19.1. The number of carbonyl (C=O) groups is 4. The average molecular weight is 831 g/mol. The highest BCUT2D eigenvalue weighted by molar-refractivity contribution is 7.85. The van der Waals surface area contributed by atoms with Gasteiger partial charge in [0.2, 0.25) is 17.7 Å². The summed E-state index contributed by atoms with van der Waals surface area (Å²) in [5, 5.41) is 7.12. The Labute approximate surface area is 340 Å². The van der Waals surface area contributed by atoms with Gasteiger partial charge < -0.3 is 34.5 Å². The topological polar surface area (TPSA) is 204 Å². The van der Waals surface area contributed by atoms with E-state index in [1.54, 1.807) is 60.9 Å². The number of nitrogens with zero attached hydrogens (tertiary/aromatic N) is 3. The van der Waals surface area contributed by atoms with Crippen LogP contribution in [0.15, 0.2) is 30.5 Å². The summed E-state index contributed by atoms with van der Waals surface area (Å²) in [6, 6.07) is 4.92. The van der Waals surface area contributed by atoms with Crippen molar-refractivity contribution >= 4 is 44.9 Å². The van der Waals surface area contributed by atoms with Crippen molar-refractivity contribution in [3.63, 3.8) is 0 Å². The molecule has 2 aromatic rings. The minimum absolute atomic E-state index is 0.00788. The van der Waals surface area contributed by atoms with E-state index in [-0.39, 0.29) is 31.2 Å².